The molecule has 0 aromatic carbocycles. The number of rotatable bonds is 0. The first-order chi connectivity index (χ1) is 5.50. The van der Waals surface area contributed by atoms with Gasteiger partial charge in [0.15, 0.2) is 0 Å². The molecule has 59 valence electrons. The maximum atomic E-state index is 2.32. The molecular formula is C11H15. The first-order valence-electron chi connectivity index (χ1n) is 4.28. The Morgan fingerprint density at radius 1 is 0.636 bits per heavy atom. The van der Waals surface area contributed by atoms with Gasteiger partial charge in [0.25, 0.3) is 0 Å². The lowest BCUT2D eigenvalue weighted by atomic mass is 10.2. The van der Waals surface area contributed by atoms with Gasteiger partial charge in [-0.05, 0) is 32.1 Å². The van der Waals surface area contributed by atoms with Crippen molar-refractivity contribution in [2.24, 2.45) is 0 Å². The van der Waals surface area contributed by atoms with Gasteiger partial charge in [0.05, 0.1) is 0 Å². The molecule has 0 atom stereocenters. The molecule has 0 aliphatic heterocycles. The second-order valence-corrected chi connectivity index (χ2v) is 2.67. The zero-order valence-corrected chi connectivity index (χ0v) is 6.87. The third-order valence-electron chi connectivity index (χ3n) is 1.66. The van der Waals surface area contributed by atoms with Crippen LogP contribution in [0.15, 0.2) is 36.5 Å². The molecule has 0 unspecified atom stereocenters. The van der Waals surface area contributed by atoms with Crippen molar-refractivity contribution in [3.8, 4) is 0 Å². The van der Waals surface area contributed by atoms with Gasteiger partial charge in [0, 0.05) is 0 Å². The molecule has 1 rings (SSSR count). The van der Waals surface area contributed by atoms with Crippen LogP contribution in [-0.2, 0) is 0 Å². The summed E-state index contributed by atoms with van der Waals surface area (Å²) in [5.74, 6) is 0. The molecular weight excluding hydrogens is 132 g/mol. The van der Waals surface area contributed by atoms with Crippen LogP contribution in [0.4, 0.5) is 0 Å². The van der Waals surface area contributed by atoms with Gasteiger partial charge in [-0.3, -0.25) is 0 Å². The highest BCUT2D eigenvalue weighted by atomic mass is 13.9. The molecule has 0 saturated carbocycles. The Morgan fingerprint density at radius 2 is 1.45 bits per heavy atom. The van der Waals surface area contributed by atoms with Crippen LogP contribution in [0.3, 0.4) is 0 Å². The van der Waals surface area contributed by atoms with Crippen molar-refractivity contribution in [2.75, 3.05) is 0 Å². The van der Waals surface area contributed by atoms with Crippen molar-refractivity contribution in [1.29, 1.82) is 0 Å². The summed E-state index contributed by atoms with van der Waals surface area (Å²) >= 11 is 0. The molecule has 0 heteroatoms. The van der Waals surface area contributed by atoms with Gasteiger partial charge in [-0.1, -0.05) is 36.5 Å². The number of hydrogen-bond donors (Lipinski definition) is 0. The van der Waals surface area contributed by atoms with Gasteiger partial charge in [0.1, 0.15) is 0 Å². The maximum Gasteiger partial charge on any atom is -0.0166 e. The van der Waals surface area contributed by atoms with E-state index in [1.54, 1.807) is 0 Å². The summed E-state index contributed by atoms with van der Waals surface area (Å²) in [5.41, 5.74) is 0. The van der Waals surface area contributed by atoms with Crippen LogP contribution in [0.2, 0.25) is 0 Å². The minimum atomic E-state index is 1.07. The van der Waals surface area contributed by atoms with Gasteiger partial charge in [-0.15, -0.1) is 0 Å². The summed E-state index contributed by atoms with van der Waals surface area (Å²) in [5, 5.41) is 0. The monoisotopic (exact) mass is 147 g/mol. The number of hydrogen-bond acceptors (Lipinski definition) is 0. The van der Waals surface area contributed by atoms with E-state index in [0.717, 1.165) is 12.8 Å². The summed E-state index contributed by atoms with van der Waals surface area (Å²) in [7, 11) is 0. The Hall–Kier alpha value is -0.780. The molecule has 1 aliphatic carbocycles. The summed E-state index contributed by atoms with van der Waals surface area (Å²) in [6.45, 7) is 0. The molecule has 0 heterocycles. The lowest BCUT2D eigenvalue weighted by Gasteiger charge is -1.90. The van der Waals surface area contributed by atoms with Crippen molar-refractivity contribution in [3.05, 3.63) is 42.9 Å². The highest BCUT2D eigenvalue weighted by molar-refractivity contribution is 5.06. The lowest BCUT2D eigenvalue weighted by molar-refractivity contribution is 0.932. The Morgan fingerprint density at radius 3 is 2.36 bits per heavy atom. The maximum absolute atomic E-state index is 2.32. The first kappa shape index (κ1) is 8.32. The Balaban J connectivity index is 2.35. The van der Waals surface area contributed by atoms with E-state index in [2.05, 4.69) is 42.9 Å². The standard InChI is InChI=1S/C11H15/c1-2-4-6-8-10-11-9-7-5-3-1/h1-4,7-9H,5-6,10-11H2/b3-1-,4-2+,9-7+. The fourth-order valence-corrected chi connectivity index (χ4v) is 1.04. The van der Waals surface area contributed by atoms with Crippen molar-refractivity contribution in [2.45, 2.75) is 25.7 Å². The Bertz CT molecular complexity index is 161. The molecule has 0 aromatic heterocycles. The average Bonchev–Trinajstić information content (AvgIpc) is 2.08. The minimum absolute atomic E-state index is 1.07. The third-order valence-corrected chi connectivity index (χ3v) is 1.66. The Kier molecular flexibility index (Phi) is 4.51. The van der Waals surface area contributed by atoms with E-state index < -0.39 is 0 Å². The van der Waals surface area contributed by atoms with Crippen LogP contribution in [0.25, 0.3) is 0 Å². The van der Waals surface area contributed by atoms with Crippen molar-refractivity contribution in [3.63, 3.8) is 0 Å². The summed E-state index contributed by atoms with van der Waals surface area (Å²) in [6.07, 6.45) is 20.0. The molecule has 0 spiro atoms. The molecule has 0 N–H and O–H groups in total. The molecule has 11 heavy (non-hydrogen) atoms. The highest BCUT2D eigenvalue weighted by Crippen LogP contribution is 2.02. The SMILES string of the molecule is [CH]1C/C=C/C=C\C/C=C/CC1. The minimum Gasteiger partial charge on any atom is -0.0882 e. The Labute approximate surface area is 69.3 Å². The fraction of sp³-hybridized carbons (Fsp3) is 0.364. The molecule has 0 aromatic rings. The van der Waals surface area contributed by atoms with Crippen molar-refractivity contribution >= 4 is 0 Å². The van der Waals surface area contributed by atoms with Crippen LogP contribution in [0.5, 0.6) is 0 Å². The molecule has 0 fully saturated rings. The van der Waals surface area contributed by atoms with Crippen molar-refractivity contribution in [1.82, 2.24) is 0 Å². The van der Waals surface area contributed by atoms with E-state index in [4.69, 9.17) is 0 Å². The van der Waals surface area contributed by atoms with E-state index in [1.807, 2.05) is 0 Å². The van der Waals surface area contributed by atoms with E-state index in [9.17, 15) is 0 Å². The second-order valence-electron chi connectivity index (χ2n) is 2.67. The molecule has 1 aliphatic rings. The first-order valence-corrected chi connectivity index (χ1v) is 4.28. The summed E-state index contributed by atoms with van der Waals surface area (Å²) in [4.78, 5) is 0. The predicted molar refractivity (Wildman–Crippen MR) is 50.2 cm³/mol. The van der Waals surface area contributed by atoms with E-state index in [0.29, 0.717) is 0 Å². The quantitative estimate of drug-likeness (QED) is 0.460. The van der Waals surface area contributed by atoms with Crippen LogP contribution in [0.1, 0.15) is 25.7 Å². The molecule has 0 nitrogen and oxygen atoms in total. The second kappa shape index (κ2) is 5.96. The summed E-state index contributed by atoms with van der Waals surface area (Å²) < 4.78 is 0. The number of allylic oxidation sites excluding steroid dienone is 6. The van der Waals surface area contributed by atoms with E-state index in [-0.39, 0.29) is 0 Å². The van der Waals surface area contributed by atoms with E-state index in [1.165, 1.54) is 12.8 Å². The van der Waals surface area contributed by atoms with E-state index >= 15 is 0 Å². The molecule has 0 bridgehead atoms. The topological polar surface area (TPSA) is 0 Å². The van der Waals surface area contributed by atoms with Crippen LogP contribution in [0, 0.1) is 6.42 Å². The van der Waals surface area contributed by atoms with Crippen LogP contribution in [-0.4, -0.2) is 0 Å². The zero-order valence-electron chi connectivity index (χ0n) is 6.87. The zero-order chi connectivity index (χ0) is 7.78. The van der Waals surface area contributed by atoms with Gasteiger partial charge in [-0.25, -0.2) is 0 Å². The van der Waals surface area contributed by atoms with Crippen LogP contribution >= 0.6 is 0 Å². The van der Waals surface area contributed by atoms with Crippen LogP contribution < -0.4 is 0 Å². The van der Waals surface area contributed by atoms with Gasteiger partial charge < -0.3 is 0 Å². The van der Waals surface area contributed by atoms with Gasteiger partial charge in [0.2, 0.25) is 0 Å². The molecule has 0 saturated heterocycles. The molecule has 0 amide bonds. The van der Waals surface area contributed by atoms with Crippen molar-refractivity contribution < 1.29 is 0 Å². The largest absolute Gasteiger partial charge is 0.0882 e. The summed E-state index contributed by atoms with van der Waals surface area (Å²) in [6, 6.07) is 0. The van der Waals surface area contributed by atoms with Gasteiger partial charge >= 0.3 is 0 Å². The normalized spacial score (nSPS) is 28.4. The highest BCUT2D eigenvalue weighted by Gasteiger charge is 1.84. The lowest BCUT2D eigenvalue weighted by Crippen LogP contribution is -1.72. The third kappa shape index (κ3) is 4.60. The molecule has 1 radical (unpaired) electrons. The average molecular weight is 147 g/mol. The fourth-order valence-electron chi connectivity index (χ4n) is 1.04. The predicted octanol–water partition coefficient (Wildman–Crippen LogP) is 3.43. The smallest absolute Gasteiger partial charge is 0.0166 e. The van der Waals surface area contributed by atoms with Gasteiger partial charge in [-0.2, -0.15) is 0 Å².